The fraction of sp³-hybridized carbons (Fsp3) is 0.444. The summed E-state index contributed by atoms with van der Waals surface area (Å²) in [5.74, 6) is 0.530. The van der Waals surface area contributed by atoms with Gasteiger partial charge in [0.05, 0.1) is 17.7 Å². The Morgan fingerprint density at radius 2 is 1.81 bits per heavy atom. The Kier molecular flexibility index (Phi) is 4.18. The number of rotatable bonds is 3. The van der Waals surface area contributed by atoms with Crippen LogP contribution >= 0.6 is 0 Å². The number of hydrogen-bond acceptors (Lipinski definition) is 3. The maximum Gasteiger partial charge on any atom is 0.138 e. The number of aromatic nitrogens is 1. The first-order valence-electron chi connectivity index (χ1n) is 7.24. The molecule has 0 saturated carbocycles. The summed E-state index contributed by atoms with van der Waals surface area (Å²) in [6.07, 6.45) is 0.684. The first-order chi connectivity index (χ1) is 9.82. The van der Waals surface area contributed by atoms with Gasteiger partial charge in [-0.15, -0.1) is 0 Å². The van der Waals surface area contributed by atoms with Crippen LogP contribution in [0.2, 0.25) is 0 Å². The van der Waals surface area contributed by atoms with E-state index in [2.05, 4.69) is 56.3 Å². The maximum atomic E-state index is 9.47. The number of nitriles is 1. The van der Waals surface area contributed by atoms with Gasteiger partial charge in [0, 0.05) is 5.56 Å². The van der Waals surface area contributed by atoms with Crippen LogP contribution in [-0.2, 0) is 11.8 Å². The Hall–Kier alpha value is -2.08. The van der Waals surface area contributed by atoms with Gasteiger partial charge in [0.1, 0.15) is 5.76 Å². The van der Waals surface area contributed by atoms with E-state index in [0.717, 1.165) is 22.6 Å². The molecule has 110 valence electrons. The molecule has 0 bridgehead atoms. The molecule has 0 amide bonds. The fourth-order valence-corrected chi connectivity index (χ4v) is 2.58. The van der Waals surface area contributed by atoms with Crippen LogP contribution in [0.4, 0.5) is 0 Å². The van der Waals surface area contributed by atoms with Crippen LogP contribution in [0.1, 0.15) is 54.8 Å². The molecule has 2 aromatic rings. The van der Waals surface area contributed by atoms with Crippen molar-refractivity contribution in [3.63, 3.8) is 0 Å². The number of benzene rings is 1. The van der Waals surface area contributed by atoms with Crippen molar-refractivity contribution in [1.82, 2.24) is 5.16 Å². The lowest BCUT2D eigenvalue weighted by Gasteiger charge is -2.19. The third-order valence-electron chi connectivity index (χ3n) is 3.85. The minimum Gasteiger partial charge on any atom is -0.361 e. The van der Waals surface area contributed by atoms with E-state index in [4.69, 9.17) is 4.52 Å². The first kappa shape index (κ1) is 15.3. The molecule has 1 aromatic carbocycles. The molecule has 0 saturated heterocycles. The average Bonchev–Trinajstić information content (AvgIpc) is 2.75. The summed E-state index contributed by atoms with van der Waals surface area (Å²) in [4.78, 5) is 0. The van der Waals surface area contributed by atoms with Gasteiger partial charge < -0.3 is 4.52 Å². The lowest BCUT2D eigenvalue weighted by Crippen LogP contribution is -2.11. The summed E-state index contributed by atoms with van der Waals surface area (Å²) in [5.41, 5.74) is 4.35. The van der Waals surface area contributed by atoms with E-state index in [0.29, 0.717) is 6.42 Å². The van der Waals surface area contributed by atoms with Crippen LogP contribution in [0.5, 0.6) is 0 Å². The maximum absolute atomic E-state index is 9.47. The molecule has 0 fully saturated rings. The van der Waals surface area contributed by atoms with Crippen LogP contribution < -0.4 is 0 Å². The number of nitrogens with zero attached hydrogens (tertiary/aromatic N) is 2. The highest BCUT2D eigenvalue weighted by atomic mass is 16.5. The van der Waals surface area contributed by atoms with Gasteiger partial charge in [-0.3, -0.25) is 0 Å². The molecule has 1 aromatic heterocycles. The molecular weight excluding hydrogens is 260 g/mol. The van der Waals surface area contributed by atoms with Gasteiger partial charge in [-0.1, -0.05) is 50.2 Å². The number of aryl methyl sites for hydroxylation is 2. The van der Waals surface area contributed by atoms with Gasteiger partial charge in [-0.05, 0) is 36.8 Å². The molecule has 1 unspecified atom stereocenters. The quantitative estimate of drug-likeness (QED) is 0.836. The van der Waals surface area contributed by atoms with Crippen molar-refractivity contribution < 1.29 is 4.52 Å². The molecule has 3 heteroatoms. The highest BCUT2D eigenvalue weighted by molar-refractivity contribution is 5.34. The van der Waals surface area contributed by atoms with Crippen molar-refractivity contribution in [2.45, 2.75) is 52.4 Å². The van der Waals surface area contributed by atoms with Gasteiger partial charge in [0.15, 0.2) is 0 Å². The zero-order valence-electron chi connectivity index (χ0n) is 13.4. The molecule has 1 heterocycles. The Morgan fingerprint density at radius 1 is 1.19 bits per heavy atom. The van der Waals surface area contributed by atoms with Crippen LogP contribution in [0.3, 0.4) is 0 Å². The van der Waals surface area contributed by atoms with E-state index in [1.807, 2.05) is 13.8 Å². The van der Waals surface area contributed by atoms with Crippen LogP contribution in [-0.4, -0.2) is 5.16 Å². The number of hydrogen-bond donors (Lipinski definition) is 0. The highest BCUT2D eigenvalue weighted by Gasteiger charge is 2.21. The molecule has 1 atom stereocenters. The lowest BCUT2D eigenvalue weighted by atomic mass is 9.85. The largest absolute Gasteiger partial charge is 0.361 e. The van der Waals surface area contributed by atoms with Crippen molar-refractivity contribution in [3.8, 4) is 6.07 Å². The van der Waals surface area contributed by atoms with Gasteiger partial charge in [0.2, 0.25) is 0 Å². The van der Waals surface area contributed by atoms with E-state index in [9.17, 15) is 5.26 Å². The molecule has 3 nitrogen and oxygen atoms in total. The summed E-state index contributed by atoms with van der Waals surface area (Å²) in [6, 6.07) is 10.9. The molecule has 21 heavy (non-hydrogen) atoms. The second-order valence-corrected chi connectivity index (χ2v) is 6.57. The summed E-state index contributed by atoms with van der Waals surface area (Å²) in [5, 5.41) is 13.4. The van der Waals surface area contributed by atoms with E-state index < -0.39 is 0 Å². The molecule has 0 aliphatic carbocycles. The molecule has 2 rings (SSSR count). The molecular formula is C18H22N2O. The van der Waals surface area contributed by atoms with Crippen molar-refractivity contribution in [3.05, 3.63) is 52.4 Å². The SMILES string of the molecule is Cc1noc(C)c1C(C#N)Cc1ccc(C(C)(C)C)cc1. The van der Waals surface area contributed by atoms with Crippen LogP contribution in [0.25, 0.3) is 0 Å². The van der Waals surface area contributed by atoms with Gasteiger partial charge in [-0.2, -0.15) is 5.26 Å². The van der Waals surface area contributed by atoms with Crippen LogP contribution in [0, 0.1) is 25.2 Å². The topological polar surface area (TPSA) is 49.8 Å². The zero-order valence-corrected chi connectivity index (χ0v) is 13.4. The van der Waals surface area contributed by atoms with Crippen LogP contribution in [0.15, 0.2) is 28.8 Å². The standard InChI is InChI=1S/C18H22N2O/c1-12-17(13(2)21-20-12)15(11-19)10-14-6-8-16(9-7-14)18(3,4)5/h6-9,15H,10H2,1-5H3. The first-order valence-corrected chi connectivity index (χ1v) is 7.24. The van der Waals surface area contributed by atoms with Gasteiger partial charge >= 0.3 is 0 Å². The summed E-state index contributed by atoms with van der Waals surface area (Å²) in [7, 11) is 0. The van der Waals surface area contributed by atoms with Crippen molar-refractivity contribution in [2.75, 3.05) is 0 Å². The lowest BCUT2D eigenvalue weighted by molar-refractivity contribution is 0.392. The molecule has 0 N–H and O–H groups in total. The second kappa shape index (κ2) is 5.73. The minimum absolute atomic E-state index is 0.148. The Bertz CT molecular complexity index is 635. The van der Waals surface area contributed by atoms with E-state index in [1.165, 1.54) is 5.56 Å². The second-order valence-electron chi connectivity index (χ2n) is 6.57. The summed E-state index contributed by atoms with van der Waals surface area (Å²) < 4.78 is 5.18. The van der Waals surface area contributed by atoms with Crippen molar-refractivity contribution in [2.24, 2.45) is 0 Å². The van der Waals surface area contributed by atoms with Crippen molar-refractivity contribution >= 4 is 0 Å². The predicted octanol–water partition coefficient (Wildman–Crippen LogP) is 4.44. The molecule has 0 aliphatic rings. The Morgan fingerprint density at radius 3 is 2.24 bits per heavy atom. The third-order valence-corrected chi connectivity index (χ3v) is 3.85. The summed E-state index contributed by atoms with van der Waals surface area (Å²) in [6.45, 7) is 10.3. The molecule has 0 spiro atoms. The molecule has 0 radical (unpaired) electrons. The third kappa shape index (κ3) is 3.33. The average molecular weight is 282 g/mol. The van der Waals surface area contributed by atoms with Gasteiger partial charge in [0.25, 0.3) is 0 Å². The van der Waals surface area contributed by atoms with Crippen molar-refractivity contribution in [1.29, 1.82) is 5.26 Å². The summed E-state index contributed by atoms with van der Waals surface area (Å²) >= 11 is 0. The van der Waals surface area contributed by atoms with E-state index >= 15 is 0 Å². The van der Waals surface area contributed by atoms with Gasteiger partial charge in [-0.25, -0.2) is 0 Å². The minimum atomic E-state index is -0.211. The normalized spacial score (nSPS) is 13.0. The zero-order chi connectivity index (χ0) is 15.6. The monoisotopic (exact) mass is 282 g/mol. The smallest absolute Gasteiger partial charge is 0.138 e. The van der Waals surface area contributed by atoms with E-state index in [1.54, 1.807) is 0 Å². The predicted molar refractivity (Wildman–Crippen MR) is 83.2 cm³/mol. The Balaban J connectivity index is 2.23. The fourth-order valence-electron chi connectivity index (χ4n) is 2.58. The highest BCUT2D eigenvalue weighted by Crippen LogP contribution is 2.28. The molecule has 0 aliphatic heterocycles. The Labute approximate surface area is 126 Å². The van der Waals surface area contributed by atoms with E-state index in [-0.39, 0.29) is 11.3 Å².